The van der Waals surface area contributed by atoms with Gasteiger partial charge < -0.3 is 0 Å². The number of benzene rings is 1. The Labute approximate surface area is 120 Å². The van der Waals surface area contributed by atoms with Crippen LogP contribution in [-0.2, 0) is 0 Å². The molecular formula is C16H21NOS. The third kappa shape index (κ3) is 8.16. The number of carbonyl (C=O) groups excluding carboxylic acids is 1. The number of Topliss-reactive ketones (excluding diaryl/α,β-unsaturated/α-hetero) is 1. The largest absolute Gasteiger partial charge is 0.294 e. The summed E-state index contributed by atoms with van der Waals surface area (Å²) in [5, 5.41) is 0. The van der Waals surface area contributed by atoms with Crippen LogP contribution in [0.1, 0.15) is 31.1 Å². The second-order valence-electron chi connectivity index (χ2n) is 3.32. The normalized spacial score (nSPS) is 8.42. The molecule has 1 heterocycles. The fourth-order valence-electron chi connectivity index (χ4n) is 1.13. The zero-order chi connectivity index (χ0) is 14.5. The van der Waals surface area contributed by atoms with E-state index in [-0.39, 0.29) is 5.78 Å². The van der Waals surface area contributed by atoms with Gasteiger partial charge in [-0.15, -0.1) is 11.8 Å². The van der Waals surface area contributed by atoms with E-state index in [0.717, 1.165) is 0 Å². The number of rotatable bonds is 2. The number of pyridine rings is 1. The molecule has 2 nitrogen and oxygen atoms in total. The molecule has 0 aliphatic heterocycles. The number of hydrogen-bond donors (Lipinski definition) is 0. The fraction of sp³-hybridized carbons (Fsp3) is 0.250. The second kappa shape index (κ2) is 11.5. The van der Waals surface area contributed by atoms with Gasteiger partial charge in [0.2, 0.25) is 0 Å². The van der Waals surface area contributed by atoms with Crippen molar-refractivity contribution in [2.24, 2.45) is 0 Å². The molecule has 1 aromatic heterocycles. The molecule has 19 heavy (non-hydrogen) atoms. The Morgan fingerprint density at radius 1 is 1.05 bits per heavy atom. The summed E-state index contributed by atoms with van der Waals surface area (Å²) in [5.74, 6) is 0.0584. The maximum atomic E-state index is 10.6. The highest BCUT2D eigenvalue weighted by Gasteiger charge is 1.93. The molecule has 0 N–H and O–H groups in total. The zero-order valence-electron chi connectivity index (χ0n) is 12.0. The molecule has 102 valence electrons. The lowest BCUT2D eigenvalue weighted by Crippen LogP contribution is -1.90. The van der Waals surface area contributed by atoms with Gasteiger partial charge in [-0.1, -0.05) is 32.0 Å². The molecule has 0 saturated heterocycles. The van der Waals surface area contributed by atoms with Gasteiger partial charge in [-0.25, -0.2) is 0 Å². The maximum Gasteiger partial charge on any atom is 0.161 e. The minimum Gasteiger partial charge on any atom is -0.294 e. The van der Waals surface area contributed by atoms with Crippen molar-refractivity contribution in [3.05, 3.63) is 60.4 Å². The summed E-state index contributed by atoms with van der Waals surface area (Å²) in [6, 6.07) is 13.8. The maximum absolute atomic E-state index is 10.6. The fourth-order valence-corrected chi connectivity index (χ4v) is 1.56. The first-order valence-electron chi connectivity index (χ1n) is 6.24. The average Bonchev–Trinajstić information content (AvgIpc) is 2.51. The first kappa shape index (κ1) is 17.4. The number of hydrogen-bond acceptors (Lipinski definition) is 3. The van der Waals surface area contributed by atoms with E-state index < -0.39 is 0 Å². The lowest BCUT2D eigenvalue weighted by molar-refractivity contribution is 0.101. The third-order valence-electron chi connectivity index (χ3n) is 2.05. The summed E-state index contributed by atoms with van der Waals surface area (Å²) in [6.45, 7) is 5.52. The van der Waals surface area contributed by atoms with E-state index in [9.17, 15) is 4.79 Å². The zero-order valence-corrected chi connectivity index (χ0v) is 12.8. The average molecular weight is 275 g/mol. The minimum absolute atomic E-state index is 0.0584. The van der Waals surface area contributed by atoms with E-state index in [4.69, 9.17) is 0 Å². The number of thioether (sulfide) groups is 1. The molecule has 0 saturated carbocycles. The molecule has 2 rings (SSSR count). The van der Waals surface area contributed by atoms with Crippen molar-refractivity contribution in [1.82, 2.24) is 4.98 Å². The standard InChI is InChI=1S/C7H7NO.C7H8S.C2H6/c1-6(9)7-3-2-4-8-5-7;1-8-7-5-3-2-4-6-7;1-2/h2-5H,1H3;2-6H,1H3;1-2H3. The quantitative estimate of drug-likeness (QED) is 0.587. The molecule has 3 heteroatoms. The number of ketones is 1. The van der Waals surface area contributed by atoms with E-state index in [2.05, 4.69) is 23.4 Å². The molecule has 0 aliphatic carbocycles. The van der Waals surface area contributed by atoms with Gasteiger partial charge in [0.05, 0.1) is 0 Å². The molecule has 0 radical (unpaired) electrons. The molecule has 0 aliphatic rings. The van der Waals surface area contributed by atoms with E-state index >= 15 is 0 Å². The highest BCUT2D eigenvalue weighted by Crippen LogP contribution is 2.11. The Morgan fingerprint density at radius 2 is 1.68 bits per heavy atom. The van der Waals surface area contributed by atoms with Gasteiger partial charge >= 0.3 is 0 Å². The van der Waals surface area contributed by atoms with Gasteiger partial charge in [-0.05, 0) is 37.4 Å². The number of carbonyl (C=O) groups is 1. The molecule has 2 aromatic rings. The van der Waals surface area contributed by atoms with Crippen LogP contribution in [0.3, 0.4) is 0 Å². The predicted octanol–water partition coefficient (Wildman–Crippen LogP) is 4.72. The van der Waals surface area contributed by atoms with Crippen molar-refractivity contribution in [2.45, 2.75) is 25.7 Å². The molecule has 0 unspecified atom stereocenters. The van der Waals surface area contributed by atoms with Crippen molar-refractivity contribution < 1.29 is 4.79 Å². The number of aromatic nitrogens is 1. The van der Waals surface area contributed by atoms with Crippen molar-refractivity contribution in [2.75, 3.05) is 6.26 Å². The van der Waals surface area contributed by atoms with Crippen molar-refractivity contribution in [1.29, 1.82) is 0 Å². The van der Waals surface area contributed by atoms with Crippen LogP contribution in [0.4, 0.5) is 0 Å². The Morgan fingerprint density at radius 3 is 2.00 bits per heavy atom. The summed E-state index contributed by atoms with van der Waals surface area (Å²) in [7, 11) is 0. The first-order chi connectivity index (χ1) is 9.24. The summed E-state index contributed by atoms with van der Waals surface area (Å²) < 4.78 is 0. The van der Waals surface area contributed by atoms with Gasteiger partial charge in [0.1, 0.15) is 0 Å². The van der Waals surface area contributed by atoms with Crippen LogP contribution < -0.4 is 0 Å². The van der Waals surface area contributed by atoms with Crippen molar-refractivity contribution in [3.8, 4) is 0 Å². The monoisotopic (exact) mass is 275 g/mol. The summed E-state index contributed by atoms with van der Waals surface area (Å²) in [6.07, 6.45) is 5.28. The lowest BCUT2D eigenvalue weighted by atomic mass is 10.2. The van der Waals surface area contributed by atoms with Gasteiger partial charge in [-0.3, -0.25) is 9.78 Å². The first-order valence-corrected chi connectivity index (χ1v) is 7.46. The molecule has 0 amide bonds. The van der Waals surface area contributed by atoms with E-state index in [0.29, 0.717) is 5.56 Å². The van der Waals surface area contributed by atoms with Gasteiger partial charge in [-0.2, -0.15) is 0 Å². The van der Waals surface area contributed by atoms with Crippen LogP contribution in [0, 0.1) is 0 Å². The van der Waals surface area contributed by atoms with E-state index in [1.54, 1.807) is 36.3 Å². The molecule has 1 aromatic carbocycles. The molecule has 0 spiro atoms. The topological polar surface area (TPSA) is 30.0 Å². The Kier molecular flexibility index (Phi) is 10.5. The summed E-state index contributed by atoms with van der Waals surface area (Å²) in [4.78, 5) is 15.7. The smallest absolute Gasteiger partial charge is 0.161 e. The molecular weight excluding hydrogens is 254 g/mol. The predicted molar refractivity (Wildman–Crippen MR) is 83.8 cm³/mol. The highest BCUT2D eigenvalue weighted by molar-refractivity contribution is 7.98. The Hall–Kier alpha value is -1.61. The second-order valence-corrected chi connectivity index (χ2v) is 4.19. The van der Waals surface area contributed by atoms with Gasteiger partial charge in [0, 0.05) is 22.9 Å². The van der Waals surface area contributed by atoms with E-state index in [1.807, 2.05) is 32.0 Å². The summed E-state index contributed by atoms with van der Waals surface area (Å²) >= 11 is 1.77. The van der Waals surface area contributed by atoms with Crippen LogP contribution in [0.5, 0.6) is 0 Å². The minimum atomic E-state index is 0.0584. The van der Waals surface area contributed by atoms with Crippen molar-refractivity contribution >= 4 is 17.5 Å². The molecule has 0 atom stereocenters. The van der Waals surface area contributed by atoms with Gasteiger partial charge in [0.15, 0.2) is 5.78 Å². The Balaban J connectivity index is 0.000000303. The van der Waals surface area contributed by atoms with Crippen molar-refractivity contribution in [3.63, 3.8) is 0 Å². The van der Waals surface area contributed by atoms with Crippen LogP contribution in [0.25, 0.3) is 0 Å². The third-order valence-corrected chi connectivity index (χ3v) is 2.79. The van der Waals surface area contributed by atoms with E-state index in [1.165, 1.54) is 11.8 Å². The SMILES string of the molecule is CC.CC(=O)c1cccnc1.CSc1ccccc1. The molecule has 0 bridgehead atoms. The van der Waals surface area contributed by atoms with Crippen LogP contribution in [0.15, 0.2) is 59.8 Å². The van der Waals surface area contributed by atoms with Gasteiger partial charge in [0.25, 0.3) is 0 Å². The highest BCUT2D eigenvalue weighted by atomic mass is 32.2. The lowest BCUT2D eigenvalue weighted by Gasteiger charge is -1.89. The molecule has 0 fully saturated rings. The number of nitrogens with zero attached hydrogens (tertiary/aromatic N) is 1. The Bertz CT molecular complexity index is 443. The van der Waals surface area contributed by atoms with Crippen LogP contribution >= 0.6 is 11.8 Å². The summed E-state index contributed by atoms with van der Waals surface area (Å²) in [5.41, 5.74) is 0.664. The van der Waals surface area contributed by atoms with Crippen LogP contribution in [-0.4, -0.2) is 17.0 Å². The van der Waals surface area contributed by atoms with Crippen LogP contribution in [0.2, 0.25) is 0 Å².